The molecule has 0 amide bonds. The van der Waals surface area contributed by atoms with E-state index in [1.165, 1.54) is 0 Å². The molecule has 0 bridgehead atoms. The number of azo groups is 1. The van der Waals surface area contributed by atoms with Crippen LogP contribution in [0.1, 0.15) is 11.8 Å². The van der Waals surface area contributed by atoms with Crippen molar-refractivity contribution in [2.45, 2.75) is 6.23 Å². The molecule has 178 valence electrons. The predicted molar refractivity (Wildman–Crippen MR) is 113 cm³/mol. The molecule has 1 unspecified atom stereocenters. The topological polar surface area (TPSA) is 145 Å². The molecule has 1 aliphatic heterocycles. The van der Waals surface area contributed by atoms with E-state index in [0.29, 0.717) is 22.3 Å². The molecular weight excluding hydrogens is 450 g/mol. The number of carbonyl (C=O) groups is 2. The third-order valence-corrected chi connectivity index (χ3v) is 4.43. The van der Waals surface area contributed by atoms with Gasteiger partial charge in [0.1, 0.15) is 24.2 Å². The Kier molecular flexibility index (Phi) is 7.92. The van der Waals surface area contributed by atoms with Gasteiger partial charge >= 0.3 is 12.3 Å². The van der Waals surface area contributed by atoms with Crippen LogP contribution in [-0.4, -0.2) is 67.1 Å². The Hall–Kier alpha value is -4.10. The van der Waals surface area contributed by atoms with Gasteiger partial charge in [-0.15, -0.1) is 10.2 Å². The van der Waals surface area contributed by atoms with E-state index in [2.05, 4.69) is 20.5 Å². The third kappa shape index (κ3) is 6.24. The molecule has 4 rings (SSSR count). The summed E-state index contributed by atoms with van der Waals surface area (Å²) in [7, 11) is 0. The van der Waals surface area contributed by atoms with Crippen molar-refractivity contribution >= 4 is 29.0 Å². The second-order valence-electron chi connectivity index (χ2n) is 6.71. The average Bonchev–Trinajstić information content (AvgIpc) is 3.45. The van der Waals surface area contributed by atoms with Crippen LogP contribution in [0.3, 0.4) is 0 Å². The normalized spacial score (nSPS) is 14.1. The molecule has 13 heteroatoms. The number of nitrogens with zero attached hydrogens (tertiary/aromatic N) is 5. The van der Waals surface area contributed by atoms with Gasteiger partial charge < -0.3 is 23.7 Å². The fraction of sp³-hybridized carbons (Fsp3) is 0.333. The molecule has 0 spiro atoms. The number of hydrogen-bond acceptors (Lipinski definition) is 12. The van der Waals surface area contributed by atoms with E-state index in [-0.39, 0.29) is 39.6 Å². The van der Waals surface area contributed by atoms with Crippen molar-refractivity contribution in [1.29, 1.82) is 0 Å². The number of para-hydroxylation sites is 1. The molecule has 1 aromatic heterocycles. The van der Waals surface area contributed by atoms with Crippen LogP contribution in [-0.2, 0) is 23.7 Å². The lowest BCUT2D eigenvalue weighted by Crippen LogP contribution is -2.23. The first-order chi connectivity index (χ1) is 16.7. The minimum Gasteiger partial charge on any atom is -0.432 e. The number of benzene rings is 2. The average molecular weight is 471 g/mol. The third-order valence-electron chi connectivity index (χ3n) is 4.43. The van der Waals surface area contributed by atoms with Crippen molar-refractivity contribution in [3.63, 3.8) is 0 Å². The highest BCUT2D eigenvalue weighted by molar-refractivity contribution is 5.74. The first-order valence-electron chi connectivity index (χ1n) is 10.3. The molecule has 0 saturated carbocycles. The largest absolute Gasteiger partial charge is 0.535 e. The molecule has 2 aromatic carbocycles. The van der Waals surface area contributed by atoms with Crippen LogP contribution < -0.4 is 4.84 Å². The SMILES string of the molecule is O=C(OCCOCCOCCOC(=O)On1nnc2ccccc21)OC1N=Nc2ccccc21. The molecule has 0 N–H and O–H groups in total. The fourth-order valence-electron chi connectivity index (χ4n) is 2.88. The van der Waals surface area contributed by atoms with Gasteiger partial charge in [0.2, 0.25) is 6.23 Å². The summed E-state index contributed by atoms with van der Waals surface area (Å²) in [5.41, 5.74) is 2.50. The van der Waals surface area contributed by atoms with Gasteiger partial charge in [0.05, 0.1) is 32.1 Å². The molecule has 2 heterocycles. The zero-order chi connectivity index (χ0) is 23.6. The zero-order valence-electron chi connectivity index (χ0n) is 17.9. The van der Waals surface area contributed by atoms with Crippen molar-refractivity contribution in [1.82, 2.24) is 15.2 Å². The standard InChI is InChI=1S/C21H21N5O8/c27-20(33-19-15-5-1-2-6-16(15)22-24-19)31-13-11-29-9-10-30-12-14-32-21(28)34-26-18-8-4-3-7-17(18)23-25-26/h1-8,19H,9-14H2. The van der Waals surface area contributed by atoms with Crippen LogP contribution in [0.4, 0.5) is 15.3 Å². The number of carbonyl (C=O) groups excluding carboxylic acids is 2. The summed E-state index contributed by atoms with van der Waals surface area (Å²) in [6.07, 6.45) is -2.58. The van der Waals surface area contributed by atoms with Crippen LogP contribution in [0, 0.1) is 0 Å². The lowest BCUT2D eigenvalue weighted by atomic mass is 10.2. The first-order valence-corrected chi connectivity index (χ1v) is 10.3. The number of fused-ring (bicyclic) bond motifs is 2. The fourth-order valence-corrected chi connectivity index (χ4v) is 2.88. The molecule has 34 heavy (non-hydrogen) atoms. The summed E-state index contributed by atoms with van der Waals surface area (Å²) in [5.74, 6) is 0. The van der Waals surface area contributed by atoms with Crippen molar-refractivity contribution < 1.29 is 38.1 Å². The van der Waals surface area contributed by atoms with E-state index < -0.39 is 18.5 Å². The number of hydrogen-bond donors (Lipinski definition) is 0. The minimum absolute atomic E-state index is 0.0102. The summed E-state index contributed by atoms with van der Waals surface area (Å²) < 4.78 is 25.6. The van der Waals surface area contributed by atoms with E-state index in [1.807, 2.05) is 12.1 Å². The second-order valence-corrected chi connectivity index (χ2v) is 6.71. The van der Waals surface area contributed by atoms with Crippen LogP contribution in [0.2, 0.25) is 0 Å². The maximum Gasteiger partial charge on any atom is 0.535 e. The van der Waals surface area contributed by atoms with E-state index in [1.54, 1.807) is 36.4 Å². The Morgan fingerprint density at radius 2 is 1.50 bits per heavy atom. The maximum absolute atomic E-state index is 11.7. The number of aromatic nitrogens is 3. The highest BCUT2D eigenvalue weighted by atomic mass is 16.8. The number of rotatable bonds is 11. The first kappa shape index (κ1) is 23.1. The molecular formula is C21H21N5O8. The highest BCUT2D eigenvalue weighted by Crippen LogP contribution is 2.35. The van der Waals surface area contributed by atoms with Gasteiger partial charge in [-0.3, -0.25) is 4.84 Å². The van der Waals surface area contributed by atoms with Crippen LogP contribution in [0.25, 0.3) is 11.0 Å². The van der Waals surface area contributed by atoms with E-state index >= 15 is 0 Å². The van der Waals surface area contributed by atoms with Crippen LogP contribution in [0.5, 0.6) is 0 Å². The van der Waals surface area contributed by atoms with Crippen molar-refractivity contribution in [2.24, 2.45) is 10.2 Å². The number of ether oxygens (including phenoxy) is 5. The molecule has 0 radical (unpaired) electrons. The second kappa shape index (κ2) is 11.7. The summed E-state index contributed by atoms with van der Waals surface area (Å²) in [6, 6.07) is 14.2. The van der Waals surface area contributed by atoms with Gasteiger partial charge in [-0.05, 0) is 23.4 Å². The van der Waals surface area contributed by atoms with Crippen molar-refractivity contribution in [3.8, 4) is 0 Å². The zero-order valence-corrected chi connectivity index (χ0v) is 17.9. The Morgan fingerprint density at radius 3 is 2.32 bits per heavy atom. The predicted octanol–water partition coefficient (Wildman–Crippen LogP) is 2.98. The van der Waals surface area contributed by atoms with Gasteiger partial charge in [-0.1, -0.05) is 35.2 Å². The summed E-state index contributed by atoms with van der Waals surface area (Å²) in [6.45, 7) is 0.832. The molecule has 0 saturated heterocycles. The molecule has 1 atom stereocenters. The van der Waals surface area contributed by atoms with Crippen LogP contribution in [0.15, 0.2) is 58.8 Å². The van der Waals surface area contributed by atoms with Gasteiger partial charge in [-0.25, -0.2) is 9.59 Å². The Balaban J connectivity index is 0.986. The lowest BCUT2D eigenvalue weighted by molar-refractivity contribution is -0.0128. The summed E-state index contributed by atoms with van der Waals surface area (Å²) in [4.78, 5) is 29.4. The Labute approximate surface area is 193 Å². The van der Waals surface area contributed by atoms with Crippen LogP contribution >= 0.6 is 0 Å². The van der Waals surface area contributed by atoms with E-state index in [9.17, 15) is 9.59 Å². The van der Waals surface area contributed by atoms with Gasteiger partial charge in [-0.2, -0.15) is 5.11 Å². The van der Waals surface area contributed by atoms with E-state index in [4.69, 9.17) is 28.5 Å². The van der Waals surface area contributed by atoms with Crippen molar-refractivity contribution in [3.05, 3.63) is 54.1 Å². The lowest BCUT2D eigenvalue weighted by Gasteiger charge is -2.10. The quantitative estimate of drug-likeness (QED) is 0.232. The highest BCUT2D eigenvalue weighted by Gasteiger charge is 2.24. The minimum atomic E-state index is -0.929. The molecule has 3 aromatic rings. The van der Waals surface area contributed by atoms with Gasteiger partial charge in [0.25, 0.3) is 0 Å². The molecule has 0 aliphatic carbocycles. The monoisotopic (exact) mass is 471 g/mol. The smallest absolute Gasteiger partial charge is 0.432 e. The summed E-state index contributed by atoms with van der Waals surface area (Å²) >= 11 is 0. The Bertz CT molecular complexity index is 1150. The maximum atomic E-state index is 11.7. The van der Waals surface area contributed by atoms with E-state index in [0.717, 1.165) is 4.85 Å². The van der Waals surface area contributed by atoms with Crippen molar-refractivity contribution in [2.75, 3.05) is 39.6 Å². The van der Waals surface area contributed by atoms with Gasteiger partial charge in [0.15, 0.2) is 0 Å². The van der Waals surface area contributed by atoms with Gasteiger partial charge in [0, 0.05) is 5.56 Å². The Morgan fingerprint density at radius 1 is 0.824 bits per heavy atom. The molecule has 1 aliphatic rings. The summed E-state index contributed by atoms with van der Waals surface area (Å²) in [5, 5.41) is 15.4. The molecule has 0 fully saturated rings. The molecule has 13 nitrogen and oxygen atoms in total.